The molecule has 1 aromatic rings. The molecule has 8 heteroatoms. The Labute approximate surface area is 185 Å². The summed E-state index contributed by atoms with van der Waals surface area (Å²) in [7, 11) is 5.19. The van der Waals surface area contributed by atoms with E-state index in [9.17, 15) is 4.79 Å². The molecular formula is C20H34IN5O2. The molecule has 0 aliphatic carbocycles. The van der Waals surface area contributed by atoms with Crippen LogP contribution in [0.1, 0.15) is 28.8 Å². The lowest BCUT2D eigenvalue weighted by atomic mass is 10.1. The van der Waals surface area contributed by atoms with Gasteiger partial charge in [-0.3, -0.25) is 14.7 Å². The molecule has 1 saturated heterocycles. The molecule has 0 radical (unpaired) electrons. The number of hydrogen-bond acceptors (Lipinski definition) is 4. The quantitative estimate of drug-likeness (QED) is 0.271. The summed E-state index contributed by atoms with van der Waals surface area (Å²) in [5.74, 6) is 0.757. The van der Waals surface area contributed by atoms with Crippen molar-refractivity contribution in [2.75, 3.05) is 54.0 Å². The van der Waals surface area contributed by atoms with Crippen molar-refractivity contribution < 1.29 is 9.53 Å². The van der Waals surface area contributed by atoms with Crippen LogP contribution in [-0.4, -0.2) is 76.8 Å². The van der Waals surface area contributed by atoms with E-state index in [1.807, 2.05) is 24.3 Å². The summed E-state index contributed by atoms with van der Waals surface area (Å²) in [6.07, 6.45) is 3.28. The summed E-state index contributed by atoms with van der Waals surface area (Å²) >= 11 is 0. The predicted octanol–water partition coefficient (Wildman–Crippen LogP) is 1.48. The average Bonchev–Trinajstić information content (AvgIpc) is 3.15. The van der Waals surface area contributed by atoms with Gasteiger partial charge in [0.05, 0.1) is 6.61 Å². The maximum Gasteiger partial charge on any atom is 0.251 e. The fourth-order valence-corrected chi connectivity index (χ4v) is 3.40. The van der Waals surface area contributed by atoms with E-state index in [4.69, 9.17) is 4.74 Å². The largest absolute Gasteiger partial charge is 0.383 e. The van der Waals surface area contributed by atoms with Crippen LogP contribution in [-0.2, 0) is 11.2 Å². The van der Waals surface area contributed by atoms with Crippen LogP contribution in [0.5, 0.6) is 0 Å². The molecule has 0 saturated carbocycles. The van der Waals surface area contributed by atoms with Crippen LogP contribution in [0.3, 0.4) is 0 Å². The number of nitrogens with one attached hydrogen (secondary N) is 3. The van der Waals surface area contributed by atoms with Crippen LogP contribution in [0.15, 0.2) is 29.3 Å². The first-order valence-corrected chi connectivity index (χ1v) is 9.66. The van der Waals surface area contributed by atoms with Crippen molar-refractivity contribution in [1.82, 2.24) is 20.9 Å². The Morgan fingerprint density at radius 1 is 1.36 bits per heavy atom. The number of guanidine groups is 1. The van der Waals surface area contributed by atoms with Crippen LogP contribution < -0.4 is 16.0 Å². The number of amides is 1. The van der Waals surface area contributed by atoms with E-state index >= 15 is 0 Å². The van der Waals surface area contributed by atoms with Crippen LogP contribution >= 0.6 is 24.0 Å². The molecule has 1 aromatic carbocycles. The highest BCUT2D eigenvalue weighted by Crippen LogP contribution is 2.15. The summed E-state index contributed by atoms with van der Waals surface area (Å²) < 4.78 is 5.20. The number of likely N-dealkylation sites (tertiary alicyclic amines) is 1. The van der Waals surface area contributed by atoms with E-state index in [1.54, 1.807) is 21.2 Å². The molecule has 0 spiro atoms. The first-order valence-electron chi connectivity index (χ1n) is 9.66. The number of methoxy groups -OCH3 is 1. The zero-order valence-electron chi connectivity index (χ0n) is 17.2. The van der Waals surface area contributed by atoms with Gasteiger partial charge in [0.2, 0.25) is 0 Å². The lowest BCUT2D eigenvalue weighted by Gasteiger charge is -2.25. The molecule has 0 aromatic heterocycles. The second-order valence-electron chi connectivity index (χ2n) is 6.73. The number of nitrogens with zero attached hydrogens (tertiary/aromatic N) is 2. The van der Waals surface area contributed by atoms with Crippen LogP contribution in [0.2, 0.25) is 0 Å². The molecule has 1 unspecified atom stereocenters. The molecule has 1 fully saturated rings. The zero-order chi connectivity index (χ0) is 19.5. The minimum Gasteiger partial charge on any atom is -0.383 e. The van der Waals surface area contributed by atoms with Crippen LogP contribution in [0.25, 0.3) is 0 Å². The monoisotopic (exact) mass is 503 g/mol. The minimum absolute atomic E-state index is 0. The second kappa shape index (κ2) is 13.7. The Kier molecular flexibility index (Phi) is 12.1. The van der Waals surface area contributed by atoms with Crippen molar-refractivity contribution in [2.45, 2.75) is 25.3 Å². The minimum atomic E-state index is -0.0584. The van der Waals surface area contributed by atoms with Gasteiger partial charge in [-0.15, -0.1) is 24.0 Å². The lowest BCUT2D eigenvalue weighted by molar-refractivity contribution is 0.0963. The first-order chi connectivity index (χ1) is 13.2. The van der Waals surface area contributed by atoms with E-state index in [0.29, 0.717) is 11.6 Å². The summed E-state index contributed by atoms with van der Waals surface area (Å²) in [4.78, 5) is 18.5. The fraction of sp³-hybridized carbons (Fsp3) is 0.600. The molecule has 1 aliphatic rings. The van der Waals surface area contributed by atoms with Gasteiger partial charge in [0.25, 0.3) is 5.91 Å². The number of carbonyl (C=O) groups excluding carboxylic acids is 1. The van der Waals surface area contributed by atoms with E-state index in [1.165, 1.54) is 12.8 Å². The number of hydrogen-bond donors (Lipinski definition) is 3. The molecule has 7 nitrogen and oxygen atoms in total. The van der Waals surface area contributed by atoms with Gasteiger partial charge in [-0.25, -0.2) is 0 Å². The highest BCUT2D eigenvalue weighted by Gasteiger charge is 2.23. The molecule has 2 rings (SSSR count). The topological polar surface area (TPSA) is 78.0 Å². The number of carbonyl (C=O) groups is 1. The average molecular weight is 503 g/mol. The Bertz CT molecular complexity index is 626. The summed E-state index contributed by atoms with van der Waals surface area (Å²) in [5, 5.41) is 9.45. The van der Waals surface area contributed by atoms with E-state index in [2.05, 4.69) is 25.8 Å². The molecule has 28 heavy (non-hydrogen) atoms. The van der Waals surface area contributed by atoms with Crippen LogP contribution in [0, 0.1) is 0 Å². The number of rotatable bonds is 9. The number of aliphatic imine (C=N–C) groups is 1. The molecule has 1 heterocycles. The smallest absolute Gasteiger partial charge is 0.251 e. The molecule has 3 N–H and O–H groups in total. The molecule has 1 aliphatic heterocycles. The fourth-order valence-electron chi connectivity index (χ4n) is 3.40. The van der Waals surface area contributed by atoms with Crippen molar-refractivity contribution in [3.63, 3.8) is 0 Å². The molecule has 158 valence electrons. The first kappa shape index (κ1) is 24.6. The van der Waals surface area contributed by atoms with Crippen molar-refractivity contribution in [3.8, 4) is 0 Å². The predicted molar refractivity (Wildman–Crippen MR) is 125 cm³/mol. The lowest BCUT2D eigenvalue weighted by Crippen LogP contribution is -2.45. The Balaban J connectivity index is 0.00000392. The van der Waals surface area contributed by atoms with Crippen molar-refractivity contribution >= 4 is 35.8 Å². The van der Waals surface area contributed by atoms with Gasteiger partial charge in [0.15, 0.2) is 5.96 Å². The third-order valence-corrected chi connectivity index (χ3v) is 4.93. The van der Waals surface area contributed by atoms with E-state index in [0.717, 1.165) is 50.7 Å². The van der Waals surface area contributed by atoms with Gasteiger partial charge in [-0.1, -0.05) is 12.1 Å². The molecular weight excluding hydrogens is 469 g/mol. The van der Waals surface area contributed by atoms with Gasteiger partial charge < -0.3 is 20.7 Å². The van der Waals surface area contributed by atoms with Gasteiger partial charge in [-0.2, -0.15) is 0 Å². The zero-order valence-corrected chi connectivity index (χ0v) is 19.5. The number of ether oxygens (including phenoxy) is 1. The van der Waals surface area contributed by atoms with Crippen molar-refractivity contribution in [2.24, 2.45) is 4.99 Å². The summed E-state index contributed by atoms with van der Waals surface area (Å²) in [5.41, 5.74) is 1.82. The number of benzene rings is 1. The summed E-state index contributed by atoms with van der Waals surface area (Å²) in [6.45, 7) is 4.54. The maximum absolute atomic E-state index is 11.7. The van der Waals surface area contributed by atoms with E-state index < -0.39 is 0 Å². The second-order valence-corrected chi connectivity index (χ2v) is 6.73. The normalized spacial score (nSPS) is 17.1. The Morgan fingerprint density at radius 2 is 2.18 bits per heavy atom. The highest BCUT2D eigenvalue weighted by molar-refractivity contribution is 14.0. The van der Waals surface area contributed by atoms with Gasteiger partial charge in [0, 0.05) is 52.4 Å². The maximum atomic E-state index is 11.7. The Hall–Kier alpha value is -1.39. The van der Waals surface area contributed by atoms with Gasteiger partial charge in [-0.05, 0) is 43.5 Å². The summed E-state index contributed by atoms with van der Waals surface area (Å²) in [6, 6.07) is 8.25. The SMILES string of the molecule is CN=C(NCCc1cccc(C(=O)NC)c1)NCC1CCCN1CCOC.I. The highest BCUT2D eigenvalue weighted by atomic mass is 127. The Morgan fingerprint density at radius 3 is 2.89 bits per heavy atom. The van der Waals surface area contributed by atoms with Gasteiger partial charge in [0.1, 0.15) is 0 Å². The molecule has 1 amide bonds. The standard InChI is InChI=1S/C20H33N5O2.HI/c1-21-19(26)17-7-4-6-16(14-17)9-10-23-20(22-2)24-15-18-8-5-11-25(18)12-13-27-3;/h4,6-7,14,18H,5,8-13,15H2,1-3H3,(H,21,26)(H2,22,23,24);1H. The van der Waals surface area contributed by atoms with Crippen LogP contribution in [0.4, 0.5) is 0 Å². The number of halogens is 1. The third kappa shape index (κ3) is 7.92. The van der Waals surface area contributed by atoms with Gasteiger partial charge >= 0.3 is 0 Å². The van der Waals surface area contributed by atoms with Crippen molar-refractivity contribution in [3.05, 3.63) is 35.4 Å². The molecule has 1 atom stereocenters. The van der Waals surface area contributed by atoms with Crippen molar-refractivity contribution in [1.29, 1.82) is 0 Å². The third-order valence-electron chi connectivity index (χ3n) is 4.93. The van der Waals surface area contributed by atoms with E-state index in [-0.39, 0.29) is 29.9 Å². The molecule has 0 bridgehead atoms.